The summed E-state index contributed by atoms with van der Waals surface area (Å²) in [6, 6.07) is 20.3. The molecule has 1 heterocycles. The van der Waals surface area contributed by atoms with Crippen LogP contribution in [0.25, 0.3) is 0 Å². The van der Waals surface area contributed by atoms with Gasteiger partial charge in [0.25, 0.3) is 5.91 Å². The highest BCUT2D eigenvalue weighted by atomic mass is 32.2. The minimum Gasteiger partial charge on any atom is -0.350 e. The Morgan fingerprint density at radius 3 is 2.33 bits per heavy atom. The zero-order chi connectivity index (χ0) is 21.3. The molecule has 3 aromatic rings. The van der Waals surface area contributed by atoms with Crippen molar-refractivity contribution in [1.29, 1.82) is 0 Å². The van der Waals surface area contributed by atoms with E-state index in [2.05, 4.69) is 5.32 Å². The van der Waals surface area contributed by atoms with Crippen LogP contribution in [-0.2, 0) is 16.3 Å². The van der Waals surface area contributed by atoms with Crippen LogP contribution in [0.5, 0.6) is 0 Å². The number of aryl methyl sites for hydroxylation is 1. The van der Waals surface area contributed by atoms with Gasteiger partial charge in [-0.15, -0.1) is 0 Å². The van der Waals surface area contributed by atoms with Gasteiger partial charge in [-0.1, -0.05) is 42.5 Å². The van der Waals surface area contributed by atoms with Crippen LogP contribution in [-0.4, -0.2) is 26.2 Å². The monoisotopic (exact) mass is 419 g/mol. The smallest absolute Gasteiger partial charge is 0.251 e. The SMILES string of the molecule is C[C@@H](CCc1ccccc1)NC(=O)c1ccc2c(c1)S(=O)(=O)c1ccccc1C2=O. The van der Waals surface area contributed by atoms with Gasteiger partial charge in [0.15, 0.2) is 5.78 Å². The maximum absolute atomic E-state index is 13.0. The number of ketones is 1. The lowest BCUT2D eigenvalue weighted by Crippen LogP contribution is -2.33. The first kappa shape index (κ1) is 20.0. The van der Waals surface area contributed by atoms with Crippen LogP contribution in [0.4, 0.5) is 0 Å². The molecule has 0 aliphatic carbocycles. The van der Waals surface area contributed by atoms with Crippen LogP contribution < -0.4 is 5.32 Å². The molecule has 152 valence electrons. The molecule has 0 saturated carbocycles. The second-order valence-corrected chi connectivity index (χ2v) is 9.32. The average molecular weight is 420 g/mol. The molecule has 1 N–H and O–H groups in total. The number of carbonyl (C=O) groups excluding carboxylic acids is 2. The molecule has 0 unspecified atom stereocenters. The molecule has 1 atom stereocenters. The Balaban J connectivity index is 1.54. The molecule has 4 rings (SSSR count). The molecule has 0 aromatic heterocycles. The van der Waals surface area contributed by atoms with Gasteiger partial charge in [0.2, 0.25) is 9.84 Å². The summed E-state index contributed by atoms with van der Waals surface area (Å²) >= 11 is 0. The maximum atomic E-state index is 13.0. The molecule has 0 bridgehead atoms. The van der Waals surface area contributed by atoms with E-state index in [1.807, 2.05) is 37.3 Å². The van der Waals surface area contributed by atoms with Crippen molar-refractivity contribution < 1.29 is 18.0 Å². The molecule has 3 aromatic carbocycles. The molecule has 0 saturated heterocycles. The quantitative estimate of drug-likeness (QED) is 0.533. The van der Waals surface area contributed by atoms with Gasteiger partial charge in [-0.3, -0.25) is 9.59 Å². The lowest BCUT2D eigenvalue weighted by atomic mass is 10.0. The average Bonchev–Trinajstić information content (AvgIpc) is 2.77. The standard InChI is InChI=1S/C24H21NO4S/c1-16(11-12-17-7-3-2-4-8-17)25-24(27)18-13-14-20-22(15-18)30(28,29)21-10-6-5-9-19(21)23(20)26/h2-10,13-16H,11-12H2,1H3,(H,25,27)/t16-/m0/s1. The van der Waals surface area contributed by atoms with Crippen molar-refractivity contribution in [2.75, 3.05) is 0 Å². The Labute approximate surface area is 175 Å². The van der Waals surface area contributed by atoms with Crippen molar-refractivity contribution in [3.8, 4) is 0 Å². The number of rotatable bonds is 5. The van der Waals surface area contributed by atoms with Gasteiger partial charge < -0.3 is 5.32 Å². The first-order chi connectivity index (χ1) is 14.4. The second kappa shape index (κ2) is 7.88. The summed E-state index contributed by atoms with van der Waals surface area (Å²) in [5.74, 6) is -0.710. The van der Waals surface area contributed by atoms with Crippen LogP contribution in [0.1, 0.15) is 45.2 Å². The first-order valence-corrected chi connectivity index (χ1v) is 11.2. The number of fused-ring (bicyclic) bond motifs is 2. The van der Waals surface area contributed by atoms with E-state index in [9.17, 15) is 18.0 Å². The van der Waals surface area contributed by atoms with Crippen LogP contribution in [0.15, 0.2) is 82.6 Å². The van der Waals surface area contributed by atoms with Crippen LogP contribution in [0, 0.1) is 0 Å². The Morgan fingerprint density at radius 1 is 0.900 bits per heavy atom. The third-order valence-corrected chi connectivity index (χ3v) is 7.14. The molecule has 0 radical (unpaired) electrons. The van der Waals surface area contributed by atoms with Crippen molar-refractivity contribution in [3.63, 3.8) is 0 Å². The largest absolute Gasteiger partial charge is 0.350 e. The Kier molecular flexibility index (Phi) is 5.26. The van der Waals surface area contributed by atoms with Crippen molar-refractivity contribution in [2.24, 2.45) is 0 Å². The molecule has 30 heavy (non-hydrogen) atoms. The van der Waals surface area contributed by atoms with E-state index in [0.717, 1.165) is 12.8 Å². The van der Waals surface area contributed by atoms with Crippen LogP contribution in [0.2, 0.25) is 0 Å². The number of hydrogen-bond acceptors (Lipinski definition) is 4. The first-order valence-electron chi connectivity index (χ1n) is 9.75. The number of nitrogens with one attached hydrogen (secondary N) is 1. The molecule has 5 nitrogen and oxygen atoms in total. The number of amides is 1. The van der Waals surface area contributed by atoms with E-state index < -0.39 is 9.84 Å². The third kappa shape index (κ3) is 3.66. The molecular formula is C24H21NO4S. The van der Waals surface area contributed by atoms with Gasteiger partial charge in [0, 0.05) is 22.7 Å². The molecule has 0 fully saturated rings. The highest BCUT2D eigenvalue weighted by Gasteiger charge is 2.35. The number of hydrogen-bond donors (Lipinski definition) is 1. The summed E-state index contributed by atoms with van der Waals surface area (Å²) in [4.78, 5) is 25.3. The molecule has 1 amide bonds. The minimum absolute atomic E-state index is 0.0173. The minimum atomic E-state index is -3.87. The zero-order valence-electron chi connectivity index (χ0n) is 16.5. The summed E-state index contributed by atoms with van der Waals surface area (Å²) in [5, 5.41) is 2.91. The van der Waals surface area contributed by atoms with Crippen molar-refractivity contribution in [3.05, 3.63) is 95.1 Å². The molecule has 6 heteroatoms. The Bertz CT molecular complexity index is 1230. The normalized spacial score (nSPS) is 15.0. The Morgan fingerprint density at radius 2 is 1.57 bits per heavy atom. The second-order valence-electron chi connectivity index (χ2n) is 7.44. The van der Waals surface area contributed by atoms with E-state index in [1.165, 1.54) is 35.9 Å². The fourth-order valence-electron chi connectivity index (χ4n) is 3.63. The van der Waals surface area contributed by atoms with E-state index in [4.69, 9.17) is 0 Å². The fraction of sp³-hybridized carbons (Fsp3) is 0.167. The van der Waals surface area contributed by atoms with Gasteiger partial charge in [0.1, 0.15) is 0 Å². The van der Waals surface area contributed by atoms with E-state index >= 15 is 0 Å². The van der Waals surface area contributed by atoms with E-state index in [0.29, 0.717) is 0 Å². The highest BCUT2D eigenvalue weighted by Crippen LogP contribution is 2.34. The number of benzene rings is 3. The summed E-state index contributed by atoms with van der Waals surface area (Å²) < 4.78 is 26.0. The van der Waals surface area contributed by atoms with Crippen molar-refractivity contribution >= 4 is 21.5 Å². The fourth-order valence-corrected chi connectivity index (χ4v) is 5.31. The topological polar surface area (TPSA) is 80.3 Å². The van der Waals surface area contributed by atoms with Gasteiger partial charge in [-0.25, -0.2) is 8.42 Å². The zero-order valence-corrected chi connectivity index (χ0v) is 17.3. The third-order valence-electron chi connectivity index (χ3n) is 5.29. The predicted octanol–water partition coefficient (Wildman–Crippen LogP) is 3.81. The Hall–Kier alpha value is -3.25. The lowest BCUT2D eigenvalue weighted by molar-refractivity contribution is 0.0936. The van der Waals surface area contributed by atoms with Gasteiger partial charge in [0.05, 0.1) is 9.79 Å². The molecule has 0 spiro atoms. The lowest BCUT2D eigenvalue weighted by Gasteiger charge is -2.20. The number of carbonyl (C=O) groups is 2. The summed E-state index contributed by atoms with van der Waals surface area (Å²) in [6.07, 6.45) is 1.58. The molecular weight excluding hydrogens is 398 g/mol. The van der Waals surface area contributed by atoms with Crippen LogP contribution in [0.3, 0.4) is 0 Å². The summed E-state index contributed by atoms with van der Waals surface area (Å²) in [5.41, 5.74) is 1.67. The van der Waals surface area contributed by atoms with Gasteiger partial charge in [-0.2, -0.15) is 0 Å². The van der Waals surface area contributed by atoms with Gasteiger partial charge >= 0.3 is 0 Å². The predicted molar refractivity (Wildman–Crippen MR) is 113 cm³/mol. The van der Waals surface area contributed by atoms with E-state index in [1.54, 1.807) is 12.1 Å². The maximum Gasteiger partial charge on any atom is 0.251 e. The van der Waals surface area contributed by atoms with Crippen LogP contribution >= 0.6 is 0 Å². The van der Waals surface area contributed by atoms with Gasteiger partial charge in [-0.05, 0) is 55.7 Å². The van der Waals surface area contributed by atoms with Crippen molar-refractivity contribution in [1.82, 2.24) is 5.32 Å². The summed E-state index contributed by atoms with van der Waals surface area (Å²) in [6.45, 7) is 1.91. The molecule has 1 aliphatic heterocycles. The van der Waals surface area contributed by atoms with E-state index in [-0.39, 0.29) is 44.2 Å². The summed E-state index contributed by atoms with van der Waals surface area (Å²) in [7, 11) is -3.87. The highest BCUT2D eigenvalue weighted by molar-refractivity contribution is 7.91. The molecule has 1 aliphatic rings. The number of sulfone groups is 1. The van der Waals surface area contributed by atoms with Crippen molar-refractivity contribution in [2.45, 2.75) is 35.6 Å².